The van der Waals surface area contributed by atoms with Crippen LogP contribution in [0.4, 0.5) is 4.79 Å². The highest BCUT2D eigenvalue weighted by molar-refractivity contribution is 6.74. The Morgan fingerprint density at radius 2 is 1.61 bits per heavy atom. The normalized spacial score (nSPS) is 14.9. The average Bonchev–Trinajstić information content (AvgIpc) is 2.50. The topological polar surface area (TPSA) is 90.7 Å². The largest absolute Gasteiger partial charge is 0.444 e. The zero-order valence-corrected chi connectivity index (χ0v) is 19.5. The van der Waals surface area contributed by atoms with Crippen molar-refractivity contribution in [1.29, 1.82) is 0 Å². The fourth-order valence-corrected chi connectivity index (χ4v) is 3.66. The van der Waals surface area contributed by atoms with Crippen molar-refractivity contribution >= 4 is 20.3 Å². The maximum atomic E-state index is 12.4. The smallest absolute Gasteiger partial charge is 0.407 e. The molecule has 0 saturated carbocycles. The molecule has 6 nitrogen and oxygen atoms in total. The zero-order valence-electron chi connectivity index (χ0n) is 18.5. The fraction of sp³-hybridized carbons (Fsp3) is 0.619. The van der Waals surface area contributed by atoms with Gasteiger partial charge in [-0.15, -0.1) is 0 Å². The first-order valence-electron chi connectivity index (χ1n) is 9.63. The molecule has 0 spiro atoms. The van der Waals surface area contributed by atoms with Crippen molar-refractivity contribution < 1.29 is 18.8 Å². The van der Waals surface area contributed by atoms with Gasteiger partial charge in [0.15, 0.2) is 8.32 Å². The molecule has 0 aromatic heterocycles. The van der Waals surface area contributed by atoms with E-state index in [9.17, 15) is 9.59 Å². The minimum absolute atomic E-state index is 0.107. The van der Waals surface area contributed by atoms with Gasteiger partial charge in [-0.2, -0.15) is 0 Å². The van der Waals surface area contributed by atoms with Gasteiger partial charge in [0.1, 0.15) is 11.7 Å². The van der Waals surface area contributed by atoms with Crippen molar-refractivity contribution in [1.82, 2.24) is 5.32 Å². The molecule has 0 aliphatic carbocycles. The van der Waals surface area contributed by atoms with E-state index in [1.165, 1.54) is 0 Å². The number of carbonyl (C=O) groups excluding carboxylic acids is 2. The Balaban J connectivity index is 3.16. The van der Waals surface area contributed by atoms with Crippen LogP contribution < -0.4 is 11.1 Å². The quantitative estimate of drug-likeness (QED) is 0.667. The first kappa shape index (κ1) is 24.2. The summed E-state index contributed by atoms with van der Waals surface area (Å²) in [5, 5.41) is 2.71. The Hall–Kier alpha value is -1.86. The monoisotopic (exact) mass is 408 g/mol. The Morgan fingerprint density at radius 3 is 2.04 bits per heavy atom. The van der Waals surface area contributed by atoms with E-state index in [0.717, 1.165) is 5.56 Å². The SMILES string of the molecule is CC(C)(C)OC(=O)NC(Cc1ccccc1)C(O[Si](C)(C)C(C)(C)C)C(N)=O. The number of primary amides is 1. The van der Waals surface area contributed by atoms with E-state index in [2.05, 4.69) is 39.2 Å². The maximum absolute atomic E-state index is 12.4. The summed E-state index contributed by atoms with van der Waals surface area (Å²) in [4.78, 5) is 24.7. The van der Waals surface area contributed by atoms with Crippen molar-refractivity contribution in [3.8, 4) is 0 Å². The Kier molecular flexibility index (Phi) is 7.85. The summed E-state index contributed by atoms with van der Waals surface area (Å²) in [6.45, 7) is 15.7. The average molecular weight is 409 g/mol. The molecule has 0 bridgehead atoms. The van der Waals surface area contributed by atoms with E-state index in [1.54, 1.807) is 20.8 Å². The first-order valence-corrected chi connectivity index (χ1v) is 12.5. The predicted molar refractivity (Wildman–Crippen MR) is 115 cm³/mol. The van der Waals surface area contributed by atoms with Crippen LogP contribution in [-0.4, -0.2) is 38.1 Å². The molecule has 7 heteroatoms. The summed E-state index contributed by atoms with van der Waals surface area (Å²) in [6, 6.07) is 8.98. The van der Waals surface area contributed by atoms with Crippen LogP contribution in [0.1, 0.15) is 47.1 Å². The summed E-state index contributed by atoms with van der Waals surface area (Å²) < 4.78 is 11.7. The van der Waals surface area contributed by atoms with Crippen LogP contribution in [0.2, 0.25) is 18.1 Å². The van der Waals surface area contributed by atoms with E-state index in [1.807, 2.05) is 30.3 Å². The standard InChI is InChI=1S/C21H36N2O4Si/c1-20(2,3)26-19(25)23-16(14-15-12-10-9-11-13-15)17(18(22)24)27-28(7,8)21(4,5)6/h9-13,16-17H,14H2,1-8H3,(H2,22,24)(H,23,25). The summed E-state index contributed by atoms with van der Waals surface area (Å²) in [5.74, 6) is -0.596. The van der Waals surface area contributed by atoms with Crippen molar-refractivity contribution in [2.24, 2.45) is 5.73 Å². The zero-order chi connectivity index (χ0) is 21.8. The van der Waals surface area contributed by atoms with Crippen LogP contribution in [-0.2, 0) is 20.4 Å². The lowest BCUT2D eigenvalue weighted by Crippen LogP contribution is -2.57. The molecule has 0 radical (unpaired) electrons. The van der Waals surface area contributed by atoms with Crippen LogP contribution in [0.3, 0.4) is 0 Å². The van der Waals surface area contributed by atoms with Crippen LogP contribution in [0.5, 0.6) is 0 Å². The molecule has 158 valence electrons. The molecule has 2 unspecified atom stereocenters. The molecule has 1 aromatic rings. The number of hydrogen-bond acceptors (Lipinski definition) is 4. The van der Waals surface area contributed by atoms with Crippen molar-refractivity contribution in [2.75, 3.05) is 0 Å². The van der Waals surface area contributed by atoms with Gasteiger partial charge in [0.05, 0.1) is 6.04 Å². The number of alkyl carbamates (subject to hydrolysis) is 1. The Bertz CT molecular complexity index is 663. The van der Waals surface area contributed by atoms with Gasteiger partial charge in [-0.25, -0.2) is 4.79 Å². The number of rotatable bonds is 7. The predicted octanol–water partition coefficient (Wildman–Crippen LogP) is 4.00. The Morgan fingerprint density at radius 1 is 1.07 bits per heavy atom. The molecule has 0 fully saturated rings. The van der Waals surface area contributed by atoms with Gasteiger partial charge in [0, 0.05) is 0 Å². The molecule has 3 N–H and O–H groups in total. The summed E-state index contributed by atoms with van der Waals surface area (Å²) in [7, 11) is -2.30. The van der Waals surface area contributed by atoms with Gasteiger partial charge in [-0.05, 0) is 50.9 Å². The van der Waals surface area contributed by atoms with E-state index in [0.29, 0.717) is 6.42 Å². The van der Waals surface area contributed by atoms with Crippen molar-refractivity contribution in [3.05, 3.63) is 35.9 Å². The second kappa shape index (κ2) is 9.09. The van der Waals surface area contributed by atoms with Gasteiger partial charge >= 0.3 is 6.09 Å². The van der Waals surface area contributed by atoms with Gasteiger partial charge in [0.25, 0.3) is 0 Å². The minimum Gasteiger partial charge on any atom is -0.444 e. The lowest BCUT2D eigenvalue weighted by atomic mass is 10.0. The molecular formula is C21H36N2O4Si. The third-order valence-corrected chi connectivity index (χ3v) is 9.33. The van der Waals surface area contributed by atoms with Crippen LogP contribution in [0, 0.1) is 0 Å². The first-order chi connectivity index (χ1) is 12.6. The number of benzene rings is 1. The maximum Gasteiger partial charge on any atom is 0.407 e. The molecular weight excluding hydrogens is 372 g/mol. The van der Waals surface area contributed by atoms with Crippen molar-refractivity contribution in [2.45, 2.75) is 83.8 Å². The van der Waals surface area contributed by atoms with Gasteiger partial charge < -0.3 is 20.2 Å². The third-order valence-electron chi connectivity index (χ3n) is 4.87. The molecule has 0 heterocycles. The highest BCUT2D eigenvalue weighted by Gasteiger charge is 2.43. The number of hydrogen-bond donors (Lipinski definition) is 2. The summed E-state index contributed by atoms with van der Waals surface area (Å²) >= 11 is 0. The van der Waals surface area contributed by atoms with E-state index in [-0.39, 0.29) is 5.04 Å². The highest BCUT2D eigenvalue weighted by atomic mass is 28.4. The molecule has 2 amide bonds. The van der Waals surface area contributed by atoms with Crippen LogP contribution in [0.25, 0.3) is 0 Å². The molecule has 1 aromatic carbocycles. The molecule has 2 atom stereocenters. The number of nitrogens with one attached hydrogen (secondary N) is 1. The van der Waals surface area contributed by atoms with Gasteiger partial charge in [-0.1, -0.05) is 51.1 Å². The molecule has 1 rings (SSSR count). The third kappa shape index (κ3) is 7.64. The molecule has 0 aliphatic heterocycles. The van der Waals surface area contributed by atoms with E-state index in [4.69, 9.17) is 14.9 Å². The lowest BCUT2D eigenvalue weighted by Gasteiger charge is -2.40. The second-order valence-corrected chi connectivity index (χ2v) is 14.4. The number of nitrogens with two attached hydrogens (primary N) is 1. The minimum atomic E-state index is -2.30. The van der Waals surface area contributed by atoms with Gasteiger partial charge in [0.2, 0.25) is 5.91 Å². The summed E-state index contributed by atoms with van der Waals surface area (Å²) in [5.41, 5.74) is 6.03. The Labute approximate surface area is 170 Å². The number of ether oxygens (including phenoxy) is 1. The molecule has 0 aliphatic rings. The van der Waals surface area contributed by atoms with Gasteiger partial charge in [-0.3, -0.25) is 4.79 Å². The molecule has 0 saturated heterocycles. The lowest BCUT2D eigenvalue weighted by molar-refractivity contribution is -0.126. The van der Waals surface area contributed by atoms with E-state index < -0.39 is 38.1 Å². The van der Waals surface area contributed by atoms with E-state index >= 15 is 0 Å². The molecule has 28 heavy (non-hydrogen) atoms. The number of amides is 2. The van der Waals surface area contributed by atoms with Crippen LogP contribution in [0.15, 0.2) is 30.3 Å². The number of carbonyl (C=O) groups is 2. The van der Waals surface area contributed by atoms with Crippen LogP contribution >= 0.6 is 0 Å². The highest BCUT2D eigenvalue weighted by Crippen LogP contribution is 2.37. The summed E-state index contributed by atoms with van der Waals surface area (Å²) in [6.07, 6.45) is -1.14. The van der Waals surface area contributed by atoms with Crippen molar-refractivity contribution in [3.63, 3.8) is 0 Å². The second-order valence-electron chi connectivity index (χ2n) is 9.64. The fourth-order valence-electron chi connectivity index (χ4n) is 2.39.